The zero-order valence-corrected chi connectivity index (χ0v) is 25.2. The molecule has 1 aliphatic heterocycles. The lowest BCUT2D eigenvalue weighted by atomic mass is 9.96. The number of rotatable bonds is 10. The van der Waals surface area contributed by atoms with E-state index in [2.05, 4.69) is 47.7 Å². The second-order valence-corrected chi connectivity index (χ2v) is 11.3. The fraction of sp³-hybridized carbons (Fsp3) is 0.387. The van der Waals surface area contributed by atoms with Gasteiger partial charge in [-0.05, 0) is 58.0 Å². The first-order valence-corrected chi connectivity index (χ1v) is 14.1. The summed E-state index contributed by atoms with van der Waals surface area (Å²) in [6.07, 6.45) is 5.29. The van der Waals surface area contributed by atoms with Crippen molar-refractivity contribution >= 4 is 23.1 Å². The Morgan fingerprint density at radius 2 is 1.81 bits per heavy atom. The summed E-state index contributed by atoms with van der Waals surface area (Å²) in [5, 5.41) is 10.3. The predicted octanol–water partition coefficient (Wildman–Crippen LogP) is 4.30. The van der Waals surface area contributed by atoms with Gasteiger partial charge in [0.15, 0.2) is 11.6 Å². The number of pyridine rings is 1. The van der Waals surface area contributed by atoms with Gasteiger partial charge in [0, 0.05) is 81.1 Å². The van der Waals surface area contributed by atoms with Crippen molar-refractivity contribution in [3.63, 3.8) is 0 Å². The number of methoxy groups -OCH3 is 1. The average molecular weight is 570 g/mol. The Balaban J connectivity index is 1.34. The summed E-state index contributed by atoms with van der Waals surface area (Å²) in [7, 11) is 3.80. The van der Waals surface area contributed by atoms with Crippen molar-refractivity contribution in [3.8, 4) is 5.82 Å². The molecule has 4 heterocycles. The van der Waals surface area contributed by atoms with Crippen LogP contribution in [0.25, 0.3) is 5.82 Å². The maximum Gasteiger partial charge on any atom is 0.167 e. The molecular formula is C31H39N9O2. The molecule has 11 heteroatoms. The second-order valence-electron chi connectivity index (χ2n) is 11.3. The van der Waals surface area contributed by atoms with E-state index in [9.17, 15) is 4.79 Å². The van der Waals surface area contributed by atoms with E-state index < -0.39 is 5.60 Å². The summed E-state index contributed by atoms with van der Waals surface area (Å²) in [6, 6.07) is 11.5. The summed E-state index contributed by atoms with van der Waals surface area (Å²) < 4.78 is 7.34. The normalized spacial score (nSPS) is 14.6. The molecule has 0 bridgehead atoms. The van der Waals surface area contributed by atoms with Crippen LogP contribution in [0.5, 0.6) is 0 Å². The Morgan fingerprint density at radius 3 is 2.57 bits per heavy atom. The summed E-state index contributed by atoms with van der Waals surface area (Å²) in [6.45, 7) is 11.7. The number of aromatic nitrogens is 5. The number of aryl methyl sites for hydroxylation is 2. The fourth-order valence-electron chi connectivity index (χ4n) is 4.75. The molecule has 42 heavy (non-hydrogen) atoms. The van der Waals surface area contributed by atoms with E-state index in [0.717, 1.165) is 60.1 Å². The number of hydrogen-bond donors (Lipinski definition) is 2. The molecule has 4 aromatic rings. The smallest absolute Gasteiger partial charge is 0.167 e. The first-order valence-electron chi connectivity index (χ1n) is 14.1. The molecule has 0 aliphatic carbocycles. The number of benzene rings is 1. The SMILES string of the molecule is COC(C)(C)c1cncc(CC(=O)c2ccc(C)c(Nc3cc(C)nn3-c3cc(NN4CCN(C)CC4)ncn3)c2)c1. The highest BCUT2D eigenvalue weighted by Gasteiger charge is 2.21. The molecule has 0 amide bonds. The molecule has 0 radical (unpaired) electrons. The topological polar surface area (TPSA) is 113 Å². The van der Waals surface area contributed by atoms with Gasteiger partial charge in [-0.25, -0.2) is 15.0 Å². The van der Waals surface area contributed by atoms with Crippen LogP contribution in [0, 0.1) is 13.8 Å². The minimum atomic E-state index is -0.487. The molecule has 0 spiro atoms. The minimum absolute atomic E-state index is 0.00679. The largest absolute Gasteiger partial charge is 0.374 e. The van der Waals surface area contributed by atoms with Crippen LogP contribution in [0.4, 0.5) is 17.3 Å². The van der Waals surface area contributed by atoms with Gasteiger partial charge in [-0.15, -0.1) is 0 Å². The molecule has 1 fully saturated rings. The van der Waals surface area contributed by atoms with E-state index in [-0.39, 0.29) is 12.2 Å². The Labute approximate surface area is 246 Å². The number of likely N-dealkylation sites (N-methyl/N-ethyl adjacent to an activating group) is 1. The molecule has 1 aliphatic rings. The van der Waals surface area contributed by atoms with Crippen molar-refractivity contribution in [2.45, 2.75) is 39.7 Å². The lowest BCUT2D eigenvalue weighted by molar-refractivity contribution is 0.0188. The summed E-state index contributed by atoms with van der Waals surface area (Å²) in [5.41, 5.74) is 7.95. The number of anilines is 3. The van der Waals surface area contributed by atoms with Gasteiger partial charge in [-0.3, -0.25) is 9.78 Å². The van der Waals surface area contributed by atoms with E-state index in [0.29, 0.717) is 17.2 Å². The van der Waals surface area contributed by atoms with Crippen molar-refractivity contribution < 1.29 is 9.53 Å². The Morgan fingerprint density at radius 1 is 1.02 bits per heavy atom. The van der Waals surface area contributed by atoms with Crippen LogP contribution >= 0.6 is 0 Å². The predicted molar refractivity (Wildman–Crippen MR) is 163 cm³/mol. The Kier molecular flexibility index (Phi) is 8.62. The maximum absolute atomic E-state index is 13.3. The van der Waals surface area contributed by atoms with Gasteiger partial charge in [0.1, 0.15) is 18.0 Å². The van der Waals surface area contributed by atoms with Crippen LogP contribution in [-0.2, 0) is 16.8 Å². The van der Waals surface area contributed by atoms with Crippen molar-refractivity contribution in [1.82, 2.24) is 34.6 Å². The Hall–Kier alpha value is -4.19. The zero-order valence-electron chi connectivity index (χ0n) is 25.2. The molecular weight excluding hydrogens is 530 g/mol. The highest BCUT2D eigenvalue weighted by atomic mass is 16.5. The monoisotopic (exact) mass is 569 g/mol. The fourth-order valence-corrected chi connectivity index (χ4v) is 4.75. The first kappa shape index (κ1) is 29.3. The number of hydrogen-bond acceptors (Lipinski definition) is 10. The molecule has 0 saturated carbocycles. The van der Waals surface area contributed by atoms with Gasteiger partial charge in [0.2, 0.25) is 0 Å². The van der Waals surface area contributed by atoms with Gasteiger partial charge in [-0.2, -0.15) is 9.78 Å². The summed E-state index contributed by atoms with van der Waals surface area (Å²) >= 11 is 0. The number of piperazine rings is 1. The highest BCUT2D eigenvalue weighted by Crippen LogP contribution is 2.27. The standard InChI is InChI=1S/C31H39N9O2/c1-21-7-8-24(27(41)15-23-14-25(19-32-18-23)31(3,4)42-6)16-26(21)35-30-13-22(2)36-40(30)29-17-28(33-20-34-29)37-39-11-9-38(5)10-12-39/h7-8,13-14,16-20,35H,9-12,15H2,1-6H3,(H,33,34,37). The minimum Gasteiger partial charge on any atom is -0.374 e. The van der Waals surface area contributed by atoms with Gasteiger partial charge < -0.3 is 20.4 Å². The quantitative estimate of drug-likeness (QED) is 0.268. The molecule has 5 rings (SSSR count). The number of nitrogens with zero attached hydrogens (tertiary/aromatic N) is 7. The number of nitrogens with one attached hydrogen (secondary N) is 2. The van der Waals surface area contributed by atoms with Crippen molar-refractivity contribution in [3.05, 3.63) is 83.1 Å². The second kappa shape index (κ2) is 12.4. The maximum atomic E-state index is 13.3. The molecule has 1 aromatic carbocycles. The van der Waals surface area contributed by atoms with E-state index >= 15 is 0 Å². The lowest BCUT2D eigenvalue weighted by Crippen LogP contribution is -2.47. The molecule has 220 valence electrons. The highest BCUT2D eigenvalue weighted by molar-refractivity contribution is 5.98. The van der Waals surface area contributed by atoms with Crippen LogP contribution in [-0.4, -0.2) is 80.8 Å². The van der Waals surface area contributed by atoms with E-state index in [1.54, 1.807) is 24.2 Å². The summed E-state index contributed by atoms with van der Waals surface area (Å²) in [4.78, 5) is 28.9. The van der Waals surface area contributed by atoms with Gasteiger partial charge in [-0.1, -0.05) is 12.1 Å². The average Bonchev–Trinajstić information content (AvgIpc) is 3.35. The molecule has 2 N–H and O–H groups in total. The molecule has 0 atom stereocenters. The number of carbonyl (C=O) groups excluding carboxylic acids is 1. The van der Waals surface area contributed by atoms with Crippen molar-refractivity contribution in [2.24, 2.45) is 0 Å². The van der Waals surface area contributed by atoms with Gasteiger partial charge in [0.05, 0.1) is 11.3 Å². The van der Waals surface area contributed by atoms with E-state index in [1.165, 1.54) is 6.33 Å². The number of carbonyl (C=O) groups is 1. The molecule has 1 saturated heterocycles. The number of hydrazine groups is 1. The number of ether oxygens (including phenoxy) is 1. The van der Waals surface area contributed by atoms with Crippen LogP contribution < -0.4 is 10.7 Å². The molecule has 0 unspecified atom stereocenters. The van der Waals surface area contributed by atoms with Crippen LogP contribution in [0.1, 0.15) is 46.6 Å². The van der Waals surface area contributed by atoms with Gasteiger partial charge in [0.25, 0.3) is 0 Å². The van der Waals surface area contributed by atoms with Crippen LogP contribution in [0.2, 0.25) is 0 Å². The van der Waals surface area contributed by atoms with E-state index in [1.807, 2.05) is 64.1 Å². The van der Waals surface area contributed by atoms with Gasteiger partial charge >= 0.3 is 0 Å². The third-order valence-electron chi connectivity index (χ3n) is 7.66. The first-order chi connectivity index (χ1) is 20.1. The lowest BCUT2D eigenvalue weighted by Gasteiger charge is -2.32. The Bertz CT molecular complexity index is 1560. The number of Topliss-reactive ketones (excluding diaryl/α,β-unsaturated/α-hetero) is 1. The third kappa shape index (κ3) is 6.81. The molecule has 3 aromatic heterocycles. The van der Waals surface area contributed by atoms with E-state index in [4.69, 9.17) is 4.74 Å². The van der Waals surface area contributed by atoms with Crippen molar-refractivity contribution in [1.29, 1.82) is 0 Å². The zero-order chi connectivity index (χ0) is 29.9. The summed E-state index contributed by atoms with van der Waals surface area (Å²) in [5.74, 6) is 2.09. The molecule has 11 nitrogen and oxygen atoms in total. The van der Waals surface area contributed by atoms with Crippen molar-refractivity contribution in [2.75, 3.05) is 51.1 Å². The van der Waals surface area contributed by atoms with Crippen LogP contribution in [0.15, 0.2) is 55.1 Å². The van der Waals surface area contributed by atoms with Crippen LogP contribution in [0.3, 0.4) is 0 Å². The third-order valence-corrected chi connectivity index (χ3v) is 7.66. The number of ketones is 1.